The van der Waals surface area contributed by atoms with E-state index in [1.54, 1.807) is 0 Å². The molecule has 0 bridgehead atoms. The van der Waals surface area contributed by atoms with Gasteiger partial charge in [0.05, 0.1) is 16.4 Å². The van der Waals surface area contributed by atoms with Gasteiger partial charge in [-0.1, -0.05) is 45.7 Å². The van der Waals surface area contributed by atoms with Crippen molar-refractivity contribution in [2.45, 2.75) is 19.8 Å². The molecule has 2 aromatic rings. The molecule has 0 saturated carbocycles. The zero-order valence-corrected chi connectivity index (χ0v) is 15.0. The molecular weight excluding hydrogens is 350 g/mol. The standard InChI is InChI=1S/C16H21BrClN3/c1-11-16(18)15(21(3)20-11)9-12(10-19-2)8-13-6-4-5-7-14(13)17/h4-7,12,19H,8-10H2,1-3H3. The lowest BCUT2D eigenvalue weighted by Gasteiger charge is -2.18. The van der Waals surface area contributed by atoms with Gasteiger partial charge in [-0.25, -0.2) is 0 Å². The van der Waals surface area contributed by atoms with Crippen LogP contribution in [0.25, 0.3) is 0 Å². The van der Waals surface area contributed by atoms with Gasteiger partial charge in [-0.15, -0.1) is 0 Å². The number of nitrogens with one attached hydrogen (secondary N) is 1. The SMILES string of the molecule is CNCC(Cc1ccccc1Br)Cc1c(Cl)c(C)nn1C. The molecule has 2 rings (SSSR count). The van der Waals surface area contributed by atoms with Crippen molar-refractivity contribution in [3.63, 3.8) is 0 Å². The minimum absolute atomic E-state index is 0.473. The Morgan fingerprint density at radius 3 is 2.62 bits per heavy atom. The van der Waals surface area contributed by atoms with Crippen LogP contribution in [0.1, 0.15) is 17.0 Å². The smallest absolute Gasteiger partial charge is 0.0847 e. The number of aromatic nitrogens is 2. The third-order valence-corrected chi connectivity index (χ3v) is 4.97. The second-order valence-corrected chi connectivity index (χ2v) is 6.63. The lowest BCUT2D eigenvalue weighted by atomic mass is 9.94. The molecule has 1 unspecified atom stereocenters. The van der Waals surface area contributed by atoms with Crippen LogP contribution < -0.4 is 5.32 Å². The minimum Gasteiger partial charge on any atom is -0.319 e. The van der Waals surface area contributed by atoms with Gasteiger partial charge in [0.1, 0.15) is 0 Å². The highest BCUT2D eigenvalue weighted by molar-refractivity contribution is 9.10. The van der Waals surface area contributed by atoms with Gasteiger partial charge >= 0.3 is 0 Å². The average Bonchev–Trinajstić information content (AvgIpc) is 2.68. The molecule has 0 amide bonds. The number of aryl methyl sites for hydroxylation is 2. The van der Waals surface area contributed by atoms with E-state index in [-0.39, 0.29) is 0 Å². The van der Waals surface area contributed by atoms with Gasteiger partial charge in [0, 0.05) is 11.5 Å². The molecule has 1 N–H and O–H groups in total. The predicted molar refractivity (Wildman–Crippen MR) is 91.9 cm³/mol. The van der Waals surface area contributed by atoms with E-state index in [0.29, 0.717) is 5.92 Å². The van der Waals surface area contributed by atoms with Gasteiger partial charge in [-0.3, -0.25) is 4.68 Å². The fourth-order valence-corrected chi connectivity index (χ4v) is 3.34. The van der Waals surface area contributed by atoms with Crippen molar-refractivity contribution in [3.8, 4) is 0 Å². The molecule has 0 aliphatic carbocycles. The number of rotatable bonds is 6. The van der Waals surface area contributed by atoms with Crippen LogP contribution in [0.2, 0.25) is 5.02 Å². The molecule has 1 heterocycles. The van der Waals surface area contributed by atoms with Crippen molar-refractivity contribution < 1.29 is 0 Å². The number of nitrogens with zero attached hydrogens (tertiary/aromatic N) is 2. The van der Waals surface area contributed by atoms with E-state index in [0.717, 1.165) is 35.8 Å². The van der Waals surface area contributed by atoms with Crippen LogP contribution in [0.5, 0.6) is 0 Å². The van der Waals surface area contributed by atoms with Crippen molar-refractivity contribution in [2.24, 2.45) is 13.0 Å². The van der Waals surface area contributed by atoms with Crippen LogP contribution in [0.15, 0.2) is 28.7 Å². The van der Waals surface area contributed by atoms with Gasteiger partial charge < -0.3 is 5.32 Å². The van der Waals surface area contributed by atoms with Crippen LogP contribution in [0.4, 0.5) is 0 Å². The summed E-state index contributed by atoms with van der Waals surface area (Å²) in [6.45, 7) is 2.90. The predicted octanol–water partition coefficient (Wildman–Crippen LogP) is 3.77. The summed E-state index contributed by atoms with van der Waals surface area (Å²) in [5, 5.41) is 8.49. The van der Waals surface area contributed by atoms with Crippen LogP contribution >= 0.6 is 27.5 Å². The summed E-state index contributed by atoms with van der Waals surface area (Å²) in [4.78, 5) is 0. The maximum Gasteiger partial charge on any atom is 0.0847 e. The zero-order valence-electron chi connectivity index (χ0n) is 12.7. The number of benzene rings is 1. The molecule has 0 spiro atoms. The molecule has 114 valence electrons. The van der Waals surface area contributed by atoms with E-state index < -0.39 is 0 Å². The van der Waals surface area contributed by atoms with Gasteiger partial charge in [-0.05, 0) is 50.9 Å². The Kier molecular flexibility index (Phi) is 5.85. The summed E-state index contributed by atoms with van der Waals surface area (Å²) in [6, 6.07) is 8.38. The maximum atomic E-state index is 6.38. The largest absolute Gasteiger partial charge is 0.319 e. The molecule has 3 nitrogen and oxygen atoms in total. The van der Waals surface area contributed by atoms with Crippen molar-refractivity contribution in [3.05, 3.63) is 50.7 Å². The molecule has 0 fully saturated rings. The van der Waals surface area contributed by atoms with Gasteiger partial charge in [0.15, 0.2) is 0 Å². The van der Waals surface area contributed by atoms with Gasteiger partial charge in [-0.2, -0.15) is 5.10 Å². The molecule has 1 aromatic carbocycles. The zero-order chi connectivity index (χ0) is 15.4. The quantitative estimate of drug-likeness (QED) is 0.839. The summed E-state index contributed by atoms with van der Waals surface area (Å²) < 4.78 is 3.07. The average molecular weight is 371 g/mol. The van der Waals surface area contributed by atoms with E-state index in [4.69, 9.17) is 11.6 Å². The third-order valence-electron chi connectivity index (χ3n) is 3.70. The molecule has 1 aromatic heterocycles. The Bertz CT molecular complexity index is 610. The summed E-state index contributed by atoms with van der Waals surface area (Å²) in [5.41, 5.74) is 3.34. The van der Waals surface area contributed by atoms with E-state index >= 15 is 0 Å². The normalized spacial score (nSPS) is 12.6. The summed E-state index contributed by atoms with van der Waals surface area (Å²) in [6.07, 6.45) is 1.92. The van der Waals surface area contributed by atoms with E-state index in [2.05, 4.69) is 44.5 Å². The Morgan fingerprint density at radius 1 is 1.33 bits per heavy atom. The minimum atomic E-state index is 0.473. The van der Waals surface area contributed by atoms with Crippen LogP contribution in [0.3, 0.4) is 0 Å². The van der Waals surface area contributed by atoms with Crippen molar-refractivity contribution in [1.29, 1.82) is 0 Å². The topological polar surface area (TPSA) is 29.9 Å². The van der Waals surface area contributed by atoms with E-state index in [1.807, 2.05) is 31.8 Å². The van der Waals surface area contributed by atoms with Crippen molar-refractivity contribution in [2.75, 3.05) is 13.6 Å². The molecule has 0 saturated heterocycles. The first-order valence-electron chi connectivity index (χ1n) is 7.09. The molecular formula is C16H21BrClN3. The number of hydrogen-bond acceptors (Lipinski definition) is 2. The fraction of sp³-hybridized carbons (Fsp3) is 0.438. The number of halogens is 2. The highest BCUT2D eigenvalue weighted by Crippen LogP contribution is 2.25. The Morgan fingerprint density at radius 2 is 2.05 bits per heavy atom. The van der Waals surface area contributed by atoms with Crippen LogP contribution in [-0.2, 0) is 19.9 Å². The summed E-state index contributed by atoms with van der Waals surface area (Å²) in [5.74, 6) is 0.473. The second-order valence-electron chi connectivity index (χ2n) is 5.39. The van der Waals surface area contributed by atoms with Gasteiger partial charge in [0.2, 0.25) is 0 Å². The second kappa shape index (κ2) is 7.43. The third kappa shape index (κ3) is 4.09. The van der Waals surface area contributed by atoms with Crippen molar-refractivity contribution >= 4 is 27.5 Å². The number of hydrogen-bond donors (Lipinski definition) is 1. The van der Waals surface area contributed by atoms with Crippen molar-refractivity contribution in [1.82, 2.24) is 15.1 Å². The Hall–Kier alpha value is -0.840. The molecule has 1 atom stereocenters. The fourth-order valence-electron chi connectivity index (χ4n) is 2.66. The highest BCUT2D eigenvalue weighted by Gasteiger charge is 2.18. The van der Waals surface area contributed by atoms with E-state index in [9.17, 15) is 0 Å². The Labute approximate surface area is 139 Å². The molecule has 0 aliphatic heterocycles. The maximum absolute atomic E-state index is 6.38. The van der Waals surface area contributed by atoms with E-state index in [1.165, 1.54) is 10.0 Å². The first-order chi connectivity index (χ1) is 10.0. The molecule has 0 aliphatic rings. The monoisotopic (exact) mass is 369 g/mol. The molecule has 5 heteroatoms. The summed E-state index contributed by atoms with van der Waals surface area (Å²) in [7, 11) is 3.95. The highest BCUT2D eigenvalue weighted by atomic mass is 79.9. The Balaban J connectivity index is 2.18. The van der Waals surface area contributed by atoms with Gasteiger partial charge in [0.25, 0.3) is 0 Å². The van der Waals surface area contributed by atoms with Crippen LogP contribution in [0, 0.1) is 12.8 Å². The molecule has 0 radical (unpaired) electrons. The first-order valence-corrected chi connectivity index (χ1v) is 8.26. The first kappa shape index (κ1) is 16.5. The lowest BCUT2D eigenvalue weighted by molar-refractivity contribution is 0.476. The van der Waals surface area contributed by atoms with Crippen LogP contribution in [-0.4, -0.2) is 23.4 Å². The lowest BCUT2D eigenvalue weighted by Crippen LogP contribution is -2.24. The summed E-state index contributed by atoms with van der Waals surface area (Å²) >= 11 is 10.0. The molecule has 21 heavy (non-hydrogen) atoms.